The zero-order valence-electron chi connectivity index (χ0n) is 17.5. The van der Waals surface area contributed by atoms with E-state index in [9.17, 15) is 16.8 Å². The van der Waals surface area contributed by atoms with Gasteiger partial charge in [-0.15, -0.1) is 8.80 Å². The van der Waals surface area contributed by atoms with Crippen LogP contribution < -0.4 is 0 Å². The molecule has 0 bridgehead atoms. The van der Waals surface area contributed by atoms with Crippen molar-refractivity contribution in [2.45, 2.75) is 23.6 Å². The van der Waals surface area contributed by atoms with Gasteiger partial charge in [0.1, 0.15) is 23.0 Å². The lowest BCUT2D eigenvalue weighted by atomic mass is 10.2. The monoisotopic (exact) mass is 474 g/mol. The van der Waals surface area contributed by atoms with E-state index >= 15 is 0 Å². The first-order valence-corrected chi connectivity index (χ1v) is 12.5. The first-order valence-electron chi connectivity index (χ1n) is 9.67. The van der Waals surface area contributed by atoms with Crippen molar-refractivity contribution in [2.24, 2.45) is 8.80 Å². The summed E-state index contributed by atoms with van der Waals surface area (Å²) in [5, 5.41) is 0. The van der Waals surface area contributed by atoms with Crippen LogP contribution in [0.25, 0.3) is 0 Å². The van der Waals surface area contributed by atoms with Crippen LogP contribution >= 0.6 is 0 Å². The molecule has 168 valence electrons. The summed E-state index contributed by atoms with van der Waals surface area (Å²) in [4.78, 5) is 0.427. The molecular weight excluding hydrogens is 452 g/mol. The van der Waals surface area contributed by atoms with Gasteiger partial charge in [-0.05, 0) is 38.1 Å². The molecule has 0 saturated carbocycles. The molecule has 2 heterocycles. The van der Waals surface area contributed by atoms with E-state index < -0.39 is 20.0 Å². The van der Waals surface area contributed by atoms with Crippen LogP contribution in [0.2, 0.25) is 0 Å². The summed E-state index contributed by atoms with van der Waals surface area (Å²) in [6.07, 6.45) is 7.23. The van der Waals surface area contributed by atoms with Crippen LogP contribution in [0.5, 0.6) is 0 Å². The minimum absolute atomic E-state index is 0.175. The zero-order chi connectivity index (χ0) is 23.2. The Morgan fingerprint density at radius 1 is 0.688 bits per heavy atom. The number of benzene rings is 2. The summed E-state index contributed by atoms with van der Waals surface area (Å²) >= 11 is 0. The number of hydrogen-bond acceptors (Lipinski definition) is 6. The number of sulfonamides is 2. The molecule has 4 rings (SSSR count). The molecule has 0 N–H and O–H groups in total. The van der Waals surface area contributed by atoms with Crippen molar-refractivity contribution in [1.29, 1.82) is 0 Å². The Morgan fingerprint density at radius 3 is 1.44 bits per heavy atom. The zero-order valence-corrected chi connectivity index (χ0v) is 19.1. The highest BCUT2D eigenvalue weighted by Gasteiger charge is 2.30. The third-order valence-electron chi connectivity index (χ3n) is 4.30. The van der Waals surface area contributed by atoms with Gasteiger partial charge >= 0.3 is 0 Å². The Kier molecular flexibility index (Phi) is 7.26. The van der Waals surface area contributed by atoms with Gasteiger partial charge in [0.2, 0.25) is 11.8 Å². The molecule has 0 aliphatic carbocycles. The molecule has 0 fully saturated rings. The number of hydrogen-bond donors (Lipinski definition) is 0. The molecule has 0 aromatic heterocycles. The summed E-state index contributed by atoms with van der Waals surface area (Å²) in [6, 6.07) is 13.3. The van der Waals surface area contributed by atoms with Crippen molar-refractivity contribution in [1.82, 2.24) is 0 Å². The second kappa shape index (κ2) is 9.92. The molecule has 0 unspecified atom stereocenters. The maximum Gasteiger partial charge on any atom is 0.286 e. The van der Waals surface area contributed by atoms with Crippen LogP contribution in [0, 0.1) is 0 Å². The predicted molar refractivity (Wildman–Crippen MR) is 122 cm³/mol. The summed E-state index contributed by atoms with van der Waals surface area (Å²) in [7, 11) is -7.11. The van der Waals surface area contributed by atoms with Gasteiger partial charge in [0.15, 0.2) is 0 Å². The SMILES string of the molecule is C/C=C/COC1=NS(=O)(=O)c2ccccc21.C/C=C/COC1=NS(=O)(=O)c2ccccc21. The second-order valence-corrected chi connectivity index (χ2v) is 9.64. The minimum Gasteiger partial charge on any atom is -0.472 e. The Labute approximate surface area is 187 Å². The van der Waals surface area contributed by atoms with Gasteiger partial charge in [0, 0.05) is 0 Å². The van der Waals surface area contributed by atoms with E-state index in [1.54, 1.807) is 48.6 Å². The van der Waals surface area contributed by atoms with Gasteiger partial charge in [0.25, 0.3) is 20.0 Å². The third kappa shape index (κ3) is 5.14. The molecular formula is C22H22N2O6S2. The van der Waals surface area contributed by atoms with Gasteiger partial charge in [0.05, 0.1) is 11.1 Å². The van der Waals surface area contributed by atoms with Crippen molar-refractivity contribution >= 4 is 31.8 Å². The minimum atomic E-state index is -3.55. The van der Waals surface area contributed by atoms with Gasteiger partial charge in [-0.2, -0.15) is 16.8 Å². The van der Waals surface area contributed by atoms with E-state index in [0.29, 0.717) is 24.3 Å². The summed E-state index contributed by atoms with van der Waals surface area (Å²) < 4.78 is 64.2. The standard InChI is InChI=1S/2C11H11NO3S/c2*1-2-3-8-15-11-9-6-4-5-7-10(9)16(13,14)12-11/h2*2-7H,8H2,1H3/b2*3-2+. The number of fused-ring (bicyclic) bond motifs is 2. The van der Waals surface area contributed by atoms with Crippen molar-refractivity contribution < 1.29 is 26.3 Å². The summed E-state index contributed by atoms with van der Waals surface area (Å²) in [5.74, 6) is 0.349. The molecule has 10 heteroatoms. The fraction of sp³-hybridized carbons (Fsp3) is 0.182. The Morgan fingerprint density at radius 2 is 1.06 bits per heavy atom. The lowest BCUT2D eigenvalue weighted by Gasteiger charge is -2.01. The fourth-order valence-electron chi connectivity index (χ4n) is 2.81. The molecule has 0 radical (unpaired) electrons. The van der Waals surface area contributed by atoms with E-state index in [4.69, 9.17) is 9.47 Å². The first kappa shape index (κ1) is 23.4. The lowest BCUT2D eigenvalue weighted by Crippen LogP contribution is -2.03. The number of allylic oxidation sites excluding steroid dienone is 2. The van der Waals surface area contributed by atoms with Crippen molar-refractivity contribution in [3.63, 3.8) is 0 Å². The number of nitrogens with zero attached hydrogens (tertiary/aromatic N) is 2. The normalized spacial score (nSPS) is 17.2. The van der Waals surface area contributed by atoms with Crippen molar-refractivity contribution in [2.75, 3.05) is 13.2 Å². The lowest BCUT2D eigenvalue weighted by molar-refractivity contribution is 0.352. The van der Waals surface area contributed by atoms with E-state index in [-0.39, 0.29) is 21.6 Å². The largest absolute Gasteiger partial charge is 0.472 e. The van der Waals surface area contributed by atoms with Crippen LogP contribution in [-0.2, 0) is 29.5 Å². The molecule has 0 spiro atoms. The smallest absolute Gasteiger partial charge is 0.286 e. The van der Waals surface area contributed by atoms with Crippen LogP contribution in [0.1, 0.15) is 25.0 Å². The van der Waals surface area contributed by atoms with Crippen molar-refractivity contribution in [3.05, 3.63) is 84.0 Å². The average Bonchev–Trinajstić information content (AvgIpc) is 3.19. The van der Waals surface area contributed by atoms with E-state index in [0.717, 1.165) is 0 Å². The third-order valence-corrected chi connectivity index (χ3v) is 6.94. The molecule has 32 heavy (non-hydrogen) atoms. The number of rotatable bonds is 4. The maximum absolute atomic E-state index is 11.6. The summed E-state index contributed by atoms with van der Waals surface area (Å²) in [5.41, 5.74) is 1.07. The first-order chi connectivity index (χ1) is 15.3. The highest BCUT2D eigenvalue weighted by molar-refractivity contribution is 7.91. The quantitative estimate of drug-likeness (QED) is 0.628. The molecule has 2 aromatic carbocycles. The van der Waals surface area contributed by atoms with Crippen LogP contribution in [0.4, 0.5) is 0 Å². The highest BCUT2D eigenvalue weighted by Crippen LogP contribution is 2.27. The van der Waals surface area contributed by atoms with Crippen LogP contribution in [0.15, 0.2) is 91.4 Å². The molecule has 2 aromatic rings. The molecule has 0 saturated heterocycles. The molecule has 0 atom stereocenters. The maximum atomic E-state index is 11.6. The van der Waals surface area contributed by atoms with Gasteiger partial charge < -0.3 is 9.47 Å². The average molecular weight is 475 g/mol. The molecule has 2 aliphatic rings. The van der Waals surface area contributed by atoms with Crippen LogP contribution in [-0.4, -0.2) is 41.8 Å². The van der Waals surface area contributed by atoms with Gasteiger partial charge in [-0.1, -0.05) is 48.6 Å². The molecule has 0 amide bonds. The highest BCUT2D eigenvalue weighted by atomic mass is 32.2. The molecule has 8 nitrogen and oxygen atoms in total. The van der Waals surface area contributed by atoms with E-state index in [1.165, 1.54) is 12.1 Å². The fourth-order valence-corrected chi connectivity index (χ4v) is 5.11. The summed E-state index contributed by atoms with van der Waals surface area (Å²) in [6.45, 7) is 4.37. The van der Waals surface area contributed by atoms with Crippen molar-refractivity contribution in [3.8, 4) is 0 Å². The molecule has 2 aliphatic heterocycles. The van der Waals surface area contributed by atoms with E-state index in [1.807, 2.05) is 26.0 Å². The Hall–Kier alpha value is -3.24. The van der Waals surface area contributed by atoms with E-state index in [2.05, 4.69) is 8.80 Å². The van der Waals surface area contributed by atoms with Gasteiger partial charge in [-0.25, -0.2) is 0 Å². The second-order valence-electron chi connectivity index (χ2n) is 6.50. The number of ether oxygens (including phenoxy) is 2. The van der Waals surface area contributed by atoms with Crippen LogP contribution in [0.3, 0.4) is 0 Å². The Bertz CT molecular complexity index is 1220. The van der Waals surface area contributed by atoms with Gasteiger partial charge in [-0.3, -0.25) is 0 Å². The predicted octanol–water partition coefficient (Wildman–Crippen LogP) is 3.46. The topological polar surface area (TPSA) is 111 Å². The Balaban J connectivity index is 0.000000181.